The van der Waals surface area contributed by atoms with E-state index in [0.717, 1.165) is 11.1 Å². The van der Waals surface area contributed by atoms with Gasteiger partial charge in [-0.1, -0.05) is 48.5 Å². The second-order valence-corrected chi connectivity index (χ2v) is 6.13. The first-order chi connectivity index (χ1) is 13.7. The molecule has 6 nitrogen and oxygen atoms in total. The Kier molecular flexibility index (Phi) is 6.38. The van der Waals surface area contributed by atoms with Crippen LogP contribution >= 0.6 is 0 Å². The van der Waals surface area contributed by atoms with Crippen LogP contribution in [0.5, 0.6) is 5.75 Å². The highest BCUT2D eigenvalue weighted by molar-refractivity contribution is 5.95. The van der Waals surface area contributed by atoms with Gasteiger partial charge < -0.3 is 10.1 Å². The minimum absolute atomic E-state index is 0.157. The zero-order valence-electron chi connectivity index (χ0n) is 15.1. The van der Waals surface area contributed by atoms with Crippen molar-refractivity contribution in [1.82, 2.24) is 5.48 Å². The molecule has 0 bridgehead atoms. The third kappa shape index (κ3) is 5.18. The molecule has 0 aromatic heterocycles. The molecule has 0 saturated carbocycles. The maximum absolute atomic E-state index is 12.4. The number of hydrogen-bond acceptors (Lipinski definition) is 4. The van der Waals surface area contributed by atoms with Crippen LogP contribution in [0.2, 0.25) is 0 Å². The maximum Gasteiger partial charge on any atom is 0.274 e. The highest BCUT2D eigenvalue weighted by atomic mass is 16.5. The van der Waals surface area contributed by atoms with Gasteiger partial charge in [0.15, 0.2) is 0 Å². The van der Waals surface area contributed by atoms with Crippen molar-refractivity contribution in [1.29, 1.82) is 0 Å². The van der Waals surface area contributed by atoms with Crippen molar-refractivity contribution < 1.29 is 19.5 Å². The Morgan fingerprint density at radius 2 is 1.54 bits per heavy atom. The van der Waals surface area contributed by atoms with E-state index in [1.165, 1.54) is 12.1 Å². The van der Waals surface area contributed by atoms with Crippen molar-refractivity contribution in [2.45, 2.75) is 13.0 Å². The zero-order chi connectivity index (χ0) is 19.8. The van der Waals surface area contributed by atoms with Crippen molar-refractivity contribution in [2.24, 2.45) is 0 Å². The summed E-state index contributed by atoms with van der Waals surface area (Å²) in [5, 5.41) is 11.4. The van der Waals surface area contributed by atoms with Gasteiger partial charge in [-0.3, -0.25) is 14.8 Å². The molecule has 0 radical (unpaired) electrons. The third-order valence-corrected chi connectivity index (χ3v) is 4.09. The van der Waals surface area contributed by atoms with Gasteiger partial charge in [0.05, 0.1) is 6.42 Å². The molecule has 142 valence electrons. The molecule has 0 fully saturated rings. The molecule has 0 aliphatic heterocycles. The largest absolute Gasteiger partial charge is 0.489 e. The molecule has 0 heterocycles. The van der Waals surface area contributed by atoms with E-state index in [0.29, 0.717) is 23.6 Å². The Bertz CT molecular complexity index is 940. The van der Waals surface area contributed by atoms with Gasteiger partial charge in [0.1, 0.15) is 12.4 Å². The molecule has 0 aliphatic rings. The Morgan fingerprint density at radius 1 is 0.857 bits per heavy atom. The number of amides is 2. The van der Waals surface area contributed by atoms with Crippen LogP contribution in [0.3, 0.4) is 0 Å². The minimum atomic E-state index is -0.609. The van der Waals surface area contributed by atoms with E-state index in [4.69, 9.17) is 9.94 Å². The van der Waals surface area contributed by atoms with Crippen LogP contribution in [-0.2, 0) is 17.8 Å². The van der Waals surface area contributed by atoms with Crippen LogP contribution in [0.25, 0.3) is 0 Å². The van der Waals surface area contributed by atoms with Gasteiger partial charge in [0.2, 0.25) is 5.91 Å². The van der Waals surface area contributed by atoms with Crippen LogP contribution < -0.4 is 15.5 Å². The number of hydroxylamine groups is 1. The van der Waals surface area contributed by atoms with Gasteiger partial charge in [0.25, 0.3) is 5.91 Å². The lowest BCUT2D eigenvalue weighted by atomic mass is 10.1. The van der Waals surface area contributed by atoms with Gasteiger partial charge in [0, 0.05) is 16.8 Å². The molecule has 0 spiro atoms. The number of hydrogen-bond donors (Lipinski definition) is 3. The summed E-state index contributed by atoms with van der Waals surface area (Å²) >= 11 is 0. The predicted molar refractivity (Wildman–Crippen MR) is 105 cm³/mol. The first-order valence-electron chi connectivity index (χ1n) is 8.74. The van der Waals surface area contributed by atoms with Crippen molar-refractivity contribution in [3.8, 4) is 5.75 Å². The van der Waals surface area contributed by atoms with Crippen LogP contribution in [-0.4, -0.2) is 17.0 Å². The highest BCUT2D eigenvalue weighted by Crippen LogP contribution is 2.21. The van der Waals surface area contributed by atoms with Crippen LogP contribution in [0, 0.1) is 0 Å². The monoisotopic (exact) mass is 376 g/mol. The molecule has 0 saturated heterocycles. The summed E-state index contributed by atoms with van der Waals surface area (Å²) in [5.41, 5.74) is 4.25. The normalized spacial score (nSPS) is 10.2. The Labute approximate surface area is 162 Å². The van der Waals surface area contributed by atoms with E-state index in [1.54, 1.807) is 17.6 Å². The van der Waals surface area contributed by atoms with Crippen molar-refractivity contribution in [3.05, 3.63) is 95.6 Å². The number of nitrogens with one attached hydrogen (secondary N) is 2. The molecular formula is C22H20N2O4. The lowest BCUT2D eigenvalue weighted by molar-refractivity contribution is -0.115. The lowest BCUT2D eigenvalue weighted by Crippen LogP contribution is -2.19. The topological polar surface area (TPSA) is 87.7 Å². The van der Waals surface area contributed by atoms with E-state index in [-0.39, 0.29) is 12.3 Å². The molecule has 28 heavy (non-hydrogen) atoms. The zero-order valence-corrected chi connectivity index (χ0v) is 15.1. The molecule has 3 aromatic carbocycles. The molecular weight excluding hydrogens is 356 g/mol. The number of rotatable bonds is 7. The average Bonchev–Trinajstić information content (AvgIpc) is 2.74. The van der Waals surface area contributed by atoms with E-state index >= 15 is 0 Å². The van der Waals surface area contributed by atoms with Gasteiger partial charge in [-0.15, -0.1) is 0 Å². The van der Waals surface area contributed by atoms with Crippen molar-refractivity contribution in [2.75, 3.05) is 5.32 Å². The summed E-state index contributed by atoms with van der Waals surface area (Å²) in [7, 11) is 0. The van der Waals surface area contributed by atoms with Crippen LogP contribution in [0.1, 0.15) is 21.5 Å². The fourth-order valence-electron chi connectivity index (χ4n) is 2.67. The number of benzene rings is 3. The van der Waals surface area contributed by atoms with E-state index < -0.39 is 5.91 Å². The Hall–Kier alpha value is -3.64. The van der Waals surface area contributed by atoms with Crippen molar-refractivity contribution in [3.63, 3.8) is 0 Å². The highest BCUT2D eigenvalue weighted by Gasteiger charge is 2.10. The molecule has 0 unspecified atom stereocenters. The number of carbonyl (C=O) groups is 2. The van der Waals surface area contributed by atoms with Crippen LogP contribution in [0.4, 0.5) is 5.69 Å². The summed E-state index contributed by atoms with van der Waals surface area (Å²) in [6, 6.07) is 23.5. The molecule has 0 aliphatic carbocycles. The number of anilines is 1. The smallest absolute Gasteiger partial charge is 0.274 e. The summed E-state index contributed by atoms with van der Waals surface area (Å²) in [4.78, 5) is 23.7. The molecule has 3 aromatic rings. The first kappa shape index (κ1) is 19.1. The minimum Gasteiger partial charge on any atom is -0.489 e. The summed E-state index contributed by atoms with van der Waals surface area (Å²) in [6.45, 7) is 0.424. The molecule has 0 atom stereocenters. The fourth-order valence-corrected chi connectivity index (χ4v) is 2.67. The third-order valence-electron chi connectivity index (χ3n) is 4.09. The standard InChI is InChI=1S/C22H20N2O4/c25-21(23-19-12-10-17(11-13-19)22(26)24-27)14-18-8-4-5-9-20(18)28-15-16-6-2-1-3-7-16/h1-13,27H,14-15H2,(H,23,25)(H,24,26). The van der Waals surface area contributed by atoms with E-state index in [2.05, 4.69) is 5.32 Å². The predicted octanol–water partition coefficient (Wildman–Crippen LogP) is 3.57. The number of carbonyl (C=O) groups excluding carboxylic acids is 2. The molecule has 3 rings (SSSR count). The van der Waals surface area contributed by atoms with Crippen molar-refractivity contribution >= 4 is 17.5 Å². The van der Waals surface area contributed by atoms with Gasteiger partial charge in [-0.05, 0) is 35.9 Å². The van der Waals surface area contributed by atoms with Gasteiger partial charge in [-0.2, -0.15) is 0 Å². The van der Waals surface area contributed by atoms with E-state index in [1.807, 2.05) is 54.6 Å². The Balaban J connectivity index is 1.61. The summed E-state index contributed by atoms with van der Waals surface area (Å²) in [6.07, 6.45) is 0.157. The second-order valence-electron chi connectivity index (χ2n) is 6.13. The fraction of sp³-hybridized carbons (Fsp3) is 0.0909. The van der Waals surface area contributed by atoms with Gasteiger partial charge >= 0.3 is 0 Å². The lowest BCUT2D eigenvalue weighted by Gasteiger charge is -2.12. The Morgan fingerprint density at radius 3 is 2.25 bits per heavy atom. The first-order valence-corrected chi connectivity index (χ1v) is 8.74. The van der Waals surface area contributed by atoms with E-state index in [9.17, 15) is 9.59 Å². The van der Waals surface area contributed by atoms with Crippen LogP contribution in [0.15, 0.2) is 78.9 Å². The summed E-state index contributed by atoms with van der Waals surface area (Å²) in [5.74, 6) is -0.144. The molecule has 3 N–H and O–H groups in total. The van der Waals surface area contributed by atoms with Gasteiger partial charge in [-0.25, -0.2) is 5.48 Å². The average molecular weight is 376 g/mol. The quantitative estimate of drug-likeness (QED) is 0.435. The second kappa shape index (κ2) is 9.34. The number of para-hydroxylation sites is 1. The summed E-state index contributed by atoms with van der Waals surface area (Å²) < 4.78 is 5.88. The molecule has 2 amide bonds. The SMILES string of the molecule is O=C(Cc1ccccc1OCc1ccccc1)Nc1ccc(C(=O)NO)cc1. The maximum atomic E-state index is 12.4. The number of ether oxygens (including phenoxy) is 1. The molecule has 6 heteroatoms.